The lowest BCUT2D eigenvalue weighted by Crippen LogP contribution is -2.13. The van der Waals surface area contributed by atoms with Gasteiger partial charge in [0.15, 0.2) is 0 Å². The van der Waals surface area contributed by atoms with E-state index in [0.29, 0.717) is 11.3 Å². The van der Waals surface area contributed by atoms with E-state index in [1.54, 1.807) is 12.1 Å². The number of hydrogen-bond acceptors (Lipinski definition) is 3. The second-order valence-corrected chi connectivity index (χ2v) is 5.20. The monoisotopic (exact) mass is 248 g/mol. The van der Waals surface area contributed by atoms with Crippen LogP contribution >= 0.6 is 0 Å². The van der Waals surface area contributed by atoms with Crippen LogP contribution in [0.2, 0.25) is 0 Å². The van der Waals surface area contributed by atoms with Crippen LogP contribution in [-0.2, 0) is 10.0 Å². The summed E-state index contributed by atoms with van der Waals surface area (Å²) in [5, 5.41) is 5.18. The van der Waals surface area contributed by atoms with Gasteiger partial charge in [-0.05, 0) is 17.7 Å². The Bertz CT molecular complexity index is 637. The minimum Gasteiger partial charge on any atom is -0.399 e. The first kappa shape index (κ1) is 11.6. The number of nitrogens with two attached hydrogens (primary N) is 2. The molecule has 0 saturated carbocycles. The van der Waals surface area contributed by atoms with E-state index in [1.165, 1.54) is 6.07 Å². The molecule has 0 aromatic heterocycles. The SMILES string of the molecule is Nc1ccc(-c2ccccc2)c(S(N)(=O)=O)c1. The van der Waals surface area contributed by atoms with Gasteiger partial charge < -0.3 is 5.73 Å². The molecule has 0 unspecified atom stereocenters. The Morgan fingerprint density at radius 3 is 2.18 bits per heavy atom. The molecule has 0 atom stereocenters. The van der Waals surface area contributed by atoms with Crippen molar-refractivity contribution in [1.82, 2.24) is 0 Å². The van der Waals surface area contributed by atoms with E-state index in [9.17, 15) is 8.42 Å². The van der Waals surface area contributed by atoms with Gasteiger partial charge in [-0.3, -0.25) is 0 Å². The summed E-state index contributed by atoms with van der Waals surface area (Å²) in [6, 6.07) is 13.8. The number of primary sulfonamides is 1. The fraction of sp³-hybridized carbons (Fsp3) is 0. The van der Waals surface area contributed by atoms with Crippen molar-refractivity contribution in [3.05, 3.63) is 48.5 Å². The van der Waals surface area contributed by atoms with Gasteiger partial charge in [-0.25, -0.2) is 13.6 Å². The van der Waals surface area contributed by atoms with E-state index >= 15 is 0 Å². The Kier molecular flexibility index (Phi) is 2.87. The Balaban J connectivity index is 2.71. The zero-order chi connectivity index (χ0) is 12.5. The van der Waals surface area contributed by atoms with Crippen LogP contribution in [-0.4, -0.2) is 8.42 Å². The summed E-state index contributed by atoms with van der Waals surface area (Å²) in [7, 11) is -3.78. The van der Waals surface area contributed by atoms with Crippen molar-refractivity contribution in [1.29, 1.82) is 0 Å². The highest BCUT2D eigenvalue weighted by atomic mass is 32.2. The van der Waals surface area contributed by atoms with Crippen molar-refractivity contribution in [2.75, 3.05) is 5.73 Å². The molecule has 0 saturated heterocycles. The summed E-state index contributed by atoms with van der Waals surface area (Å²) in [4.78, 5) is 0.0451. The predicted molar refractivity (Wildman–Crippen MR) is 67.7 cm³/mol. The summed E-state index contributed by atoms with van der Waals surface area (Å²) in [5.41, 5.74) is 7.30. The normalized spacial score (nSPS) is 11.4. The number of anilines is 1. The molecule has 17 heavy (non-hydrogen) atoms. The van der Waals surface area contributed by atoms with Crippen LogP contribution in [0, 0.1) is 0 Å². The lowest BCUT2D eigenvalue weighted by molar-refractivity contribution is 0.598. The van der Waals surface area contributed by atoms with Crippen molar-refractivity contribution >= 4 is 15.7 Å². The summed E-state index contributed by atoms with van der Waals surface area (Å²) < 4.78 is 23.0. The topological polar surface area (TPSA) is 86.2 Å². The van der Waals surface area contributed by atoms with Gasteiger partial charge in [-0.2, -0.15) is 0 Å². The highest BCUT2D eigenvalue weighted by Crippen LogP contribution is 2.28. The third kappa shape index (κ3) is 2.46. The van der Waals surface area contributed by atoms with Crippen LogP contribution < -0.4 is 10.9 Å². The van der Waals surface area contributed by atoms with Crippen molar-refractivity contribution in [2.24, 2.45) is 5.14 Å². The maximum absolute atomic E-state index is 11.5. The summed E-state index contributed by atoms with van der Waals surface area (Å²) >= 11 is 0. The van der Waals surface area contributed by atoms with Gasteiger partial charge in [0.1, 0.15) is 0 Å². The fourth-order valence-electron chi connectivity index (χ4n) is 1.63. The quantitative estimate of drug-likeness (QED) is 0.791. The Morgan fingerprint density at radius 2 is 1.59 bits per heavy atom. The van der Waals surface area contributed by atoms with E-state index in [4.69, 9.17) is 10.9 Å². The average molecular weight is 248 g/mol. The zero-order valence-electron chi connectivity index (χ0n) is 9.00. The van der Waals surface area contributed by atoms with Crippen molar-refractivity contribution in [3.63, 3.8) is 0 Å². The Morgan fingerprint density at radius 1 is 0.941 bits per heavy atom. The lowest BCUT2D eigenvalue weighted by atomic mass is 10.1. The molecule has 2 rings (SSSR count). The number of benzene rings is 2. The third-order valence-corrected chi connectivity index (χ3v) is 3.35. The van der Waals surface area contributed by atoms with Crippen molar-refractivity contribution < 1.29 is 8.42 Å². The van der Waals surface area contributed by atoms with Gasteiger partial charge in [0.2, 0.25) is 10.0 Å². The molecule has 88 valence electrons. The molecule has 4 nitrogen and oxygen atoms in total. The highest BCUT2D eigenvalue weighted by molar-refractivity contribution is 7.89. The molecular weight excluding hydrogens is 236 g/mol. The van der Waals surface area contributed by atoms with Crippen LogP contribution in [0.4, 0.5) is 5.69 Å². The van der Waals surface area contributed by atoms with Gasteiger partial charge in [0.25, 0.3) is 0 Å². The lowest BCUT2D eigenvalue weighted by Gasteiger charge is -2.08. The van der Waals surface area contributed by atoms with E-state index in [-0.39, 0.29) is 4.90 Å². The second kappa shape index (κ2) is 4.20. The number of hydrogen-bond donors (Lipinski definition) is 2. The minimum atomic E-state index is -3.78. The van der Waals surface area contributed by atoms with Gasteiger partial charge in [0, 0.05) is 11.3 Å². The number of sulfonamides is 1. The zero-order valence-corrected chi connectivity index (χ0v) is 9.81. The molecule has 0 heterocycles. The molecule has 4 N–H and O–H groups in total. The highest BCUT2D eigenvalue weighted by Gasteiger charge is 2.15. The molecule has 0 amide bonds. The Labute approximate surface area is 99.9 Å². The maximum atomic E-state index is 11.5. The summed E-state index contributed by atoms with van der Waals surface area (Å²) in [6.45, 7) is 0. The molecule has 0 aliphatic carbocycles. The van der Waals surface area contributed by atoms with Gasteiger partial charge in [-0.15, -0.1) is 0 Å². The molecule has 0 aliphatic heterocycles. The first-order valence-electron chi connectivity index (χ1n) is 4.96. The van der Waals surface area contributed by atoms with Gasteiger partial charge in [0.05, 0.1) is 4.90 Å². The second-order valence-electron chi connectivity index (χ2n) is 3.67. The van der Waals surface area contributed by atoms with E-state index < -0.39 is 10.0 Å². The third-order valence-electron chi connectivity index (χ3n) is 2.40. The molecule has 5 heteroatoms. The molecule has 0 fully saturated rings. The van der Waals surface area contributed by atoms with Crippen molar-refractivity contribution in [3.8, 4) is 11.1 Å². The van der Waals surface area contributed by atoms with Gasteiger partial charge >= 0.3 is 0 Å². The smallest absolute Gasteiger partial charge is 0.238 e. The summed E-state index contributed by atoms with van der Waals surface area (Å²) in [6.07, 6.45) is 0. The van der Waals surface area contributed by atoms with Gasteiger partial charge in [-0.1, -0.05) is 36.4 Å². The van der Waals surface area contributed by atoms with Crippen LogP contribution in [0.25, 0.3) is 11.1 Å². The molecule has 0 radical (unpaired) electrons. The summed E-state index contributed by atoms with van der Waals surface area (Å²) in [5.74, 6) is 0. The van der Waals surface area contributed by atoms with E-state index in [0.717, 1.165) is 5.56 Å². The van der Waals surface area contributed by atoms with Crippen LogP contribution in [0.5, 0.6) is 0 Å². The average Bonchev–Trinajstić information content (AvgIpc) is 2.29. The van der Waals surface area contributed by atoms with Crippen LogP contribution in [0.15, 0.2) is 53.4 Å². The molecule has 0 spiro atoms. The standard InChI is InChI=1S/C12H12N2O2S/c13-10-6-7-11(9-4-2-1-3-5-9)12(8-10)17(14,15)16/h1-8H,13H2,(H2,14,15,16). The Hall–Kier alpha value is -1.85. The fourth-order valence-corrected chi connectivity index (χ4v) is 2.42. The molecule has 0 bridgehead atoms. The molecule has 2 aromatic carbocycles. The minimum absolute atomic E-state index is 0.0451. The maximum Gasteiger partial charge on any atom is 0.238 e. The largest absolute Gasteiger partial charge is 0.399 e. The first-order valence-corrected chi connectivity index (χ1v) is 6.51. The molecule has 0 aliphatic rings. The number of nitrogen functional groups attached to an aromatic ring is 1. The van der Waals surface area contributed by atoms with E-state index in [2.05, 4.69) is 0 Å². The van der Waals surface area contributed by atoms with Crippen LogP contribution in [0.3, 0.4) is 0 Å². The van der Waals surface area contributed by atoms with E-state index in [1.807, 2.05) is 30.3 Å². The predicted octanol–water partition coefficient (Wildman–Crippen LogP) is 1.58. The van der Waals surface area contributed by atoms with Crippen LogP contribution in [0.1, 0.15) is 0 Å². The first-order chi connectivity index (χ1) is 7.98. The molecule has 2 aromatic rings. The molecular formula is C12H12N2O2S. The van der Waals surface area contributed by atoms with Crippen molar-refractivity contribution in [2.45, 2.75) is 4.90 Å². The number of rotatable bonds is 2.